The first kappa shape index (κ1) is 18.6. The molecule has 5 nitrogen and oxygen atoms in total. The number of rotatable bonds is 4. The van der Waals surface area contributed by atoms with Crippen molar-refractivity contribution in [1.29, 1.82) is 0 Å². The molecule has 1 saturated heterocycles. The lowest BCUT2D eigenvalue weighted by atomic mass is 10.1. The number of imidazole rings is 1. The van der Waals surface area contributed by atoms with Crippen LogP contribution in [-0.2, 0) is 4.74 Å². The quantitative estimate of drug-likeness (QED) is 0.702. The molecule has 2 atom stereocenters. The fraction of sp³-hybridized carbons (Fsp3) is 0.350. The summed E-state index contributed by atoms with van der Waals surface area (Å²) in [5.74, 6) is 0. The smallest absolute Gasteiger partial charge is 0.125 e. The number of piperazine rings is 1. The maximum atomic E-state index is 6.43. The highest BCUT2D eigenvalue weighted by molar-refractivity contribution is 6.35. The molecule has 0 saturated carbocycles. The zero-order chi connectivity index (χ0) is 19.0. The molecule has 1 N–H and O–H groups in total. The van der Waals surface area contributed by atoms with E-state index < -0.39 is 0 Å². The van der Waals surface area contributed by atoms with Gasteiger partial charge in [-0.25, -0.2) is 4.98 Å². The molecule has 0 amide bonds. The lowest BCUT2D eigenvalue weighted by Gasteiger charge is -2.34. The SMILES string of the molecule is CO[C@H]1CN(c2ccc3ncn([C@H](C)c4ccc(Cl)cc4Cl)c3c2)CCN1. The van der Waals surface area contributed by atoms with Crippen LogP contribution in [-0.4, -0.2) is 42.5 Å². The predicted molar refractivity (Wildman–Crippen MR) is 111 cm³/mol. The van der Waals surface area contributed by atoms with E-state index in [4.69, 9.17) is 27.9 Å². The van der Waals surface area contributed by atoms with Gasteiger partial charge in [0, 0.05) is 35.9 Å². The van der Waals surface area contributed by atoms with Crippen molar-refractivity contribution in [3.63, 3.8) is 0 Å². The van der Waals surface area contributed by atoms with Crippen molar-refractivity contribution in [3.8, 4) is 0 Å². The van der Waals surface area contributed by atoms with Crippen molar-refractivity contribution in [2.45, 2.75) is 19.2 Å². The van der Waals surface area contributed by atoms with Crippen molar-refractivity contribution < 1.29 is 4.74 Å². The van der Waals surface area contributed by atoms with Crippen LogP contribution in [0, 0.1) is 0 Å². The highest BCUT2D eigenvalue weighted by Crippen LogP contribution is 2.32. The average Bonchev–Trinajstić information content (AvgIpc) is 3.11. The molecule has 0 spiro atoms. The van der Waals surface area contributed by atoms with E-state index >= 15 is 0 Å². The Hall–Kier alpha value is -1.79. The Bertz CT molecular complexity index is 958. The Kier molecular flexibility index (Phi) is 5.28. The summed E-state index contributed by atoms with van der Waals surface area (Å²) in [6.45, 7) is 4.77. The van der Waals surface area contributed by atoms with E-state index in [-0.39, 0.29) is 12.3 Å². The van der Waals surface area contributed by atoms with Gasteiger partial charge < -0.3 is 14.2 Å². The van der Waals surface area contributed by atoms with Crippen LogP contribution in [0.4, 0.5) is 5.69 Å². The molecule has 27 heavy (non-hydrogen) atoms. The summed E-state index contributed by atoms with van der Waals surface area (Å²) >= 11 is 12.5. The minimum atomic E-state index is 0.0461. The lowest BCUT2D eigenvalue weighted by molar-refractivity contribution is 0.0706. The Morgan fingerprint density at radius 1 is 1.22 bits per heavy atom. The summed E-state index contributed by atoms with van der Waals surface area (Å²) in [7, 11) is 1.73. The van der Waals surface area contributed by atoms with Crippen molar-refractivity contribution in [3.05, 3.63) is 58.3 Å². The second kappa shape index (κ2) is 7.68. The van der Waals surface area contributed by atoms with Gasteiger partial charge in [-0.15, -0.1) is 0 Å². The van der Waals surface area contributed by atoms with Gasteiger partial charge in [0.1, 0.15) is 6.23 Å². The van der Waals surface area contributed by atoms with Gasteiger partial charge >= 0.3 is 0 Å². The molecule has 2 heterocycles. The number of hydrogen-bond acceptors (Lipinski definition) is 4. The molecular formula is C20H22Cl2N4O. The highest BCUT2D eigenvalue weighted by atomic mass is 35.5. The molecule has 142 valence electrons. The topological polar surface area (TPSA) is 42.3 Å². The first-order chi connectivity index (χ1) is 13.1. The van der Waals surface area contributed by atoms with E-state index in [2.05, 4.69) is 44.9 Å². The van der Waals surface area contributed by atoms with Crippen molar-refractivity contribution in [2.24, 2.45) is 0 Å². The van der Waals surface area contributed by atoms with E-state index in [1.165, 1.54) is 5.69 Å². The molecular weight excluding hydrogens is 383 g/mol. The van der Waals surface area contributed by atoms with Crippen molar-refractivity contribution >= 4 is 39.9 Å². The summed E-state index contributed by atoms with van der Waals surface area (Å²) < 4.78 is 7.62. The number of hydrogen-bond donors (Lipinski definition) is 1. The third-order valence-electron chi connectivity index (χ3n) is 5.18. The molecule has 4 rings (SSSR count). The molecule has 1 aliphatic heterocycles. The Labute approximate surface area is 168 Å². The Balaban J connectivity index is 1.70. The Morgan fingerprint density at radius 3 is 2.85 bits per heavy atom. The molecule has 1 fully saturated rings. The van der Waals surface area contributed by atoms with Crippen LogP contribution in [0.2, 0.25) is 10.0 Å². The number of halogens is 2. The van der Waals surface area contributed by atoms with E-state index in [1.54, 1.807) is 13.2 Å². The number of aromatic nitrogens is 2. The molecule has 2 aromatic carbocycles. The number of ether oxygens (including phenoxy) is 1. The fourth-order valence-corrected chi connectivity index (χ4v) is 4.19. The normalized spacial score (nSPS) is 18.8. The molecule has 0 aliphatic carbocycles. The first-order valence-corrected chi connectivity index (χ1v) is 9.75. The van der Waals surface area contributed by atoms with E-state index in [0.29, 0.717) is 10.0 Å². The second-order valence-corrected chi connectivity index (χ2v) is 7.63. The van der Waals surface area contributed by atoms with Gasteiger partial charge in [0.25, 0.3) is 0 Å². The summed E-state index contributed by atoms with van der Waals surface area (Å²) in [4.78, 5) is 6.90. The number of nitrogens with one attached hydrogen (secondary N) is 1. The van der Waals surface area contributed by atoms with Crippen molar-refractivity contribution in [1.82, 2.24) is 14.9 Å². The summed E-state index contributed by atoms with van der Waals surface area (Å²) in [6.07, 6.45) is 1.92. The van der Waals surface area contributed by atoms with Gasteiger partial charge in [-0.2, -0.15) is 0 Å². The zero-order valence-corrected chi connectivity index (χ0v) is 16.8. The number of benzene rings is 2. The van der Waals surface area contributed by atoms with Gasteiger partial charge in [0.15, 0.2) is 0 Å². The van der Waals surface area contributed by atoms with Crippen LogP contribution in [0.25, 0.3) is 11.0 Å². The van der Waals surface area contributed by atoms with E-state index in [9.17, 15) is 0 Å². The third kappa shape index (κ3) is 3.65. The van der Waals surface area contributed by atoms with Crippen LogP contribution in [0.3, 0.4) is 0 Å². The van der Waals surface area contributed by atoms with Crippen LogP contribution < -0.4 is 10.2 Å². The highest BCUT2D eigenvalue weighted by Gasteiger charge is 2.20. The molecule has 0 radical (unpaired) electrons. The maximum absolute atomic E-state index is 6.43. The summed E-state index contributed by atoms with van der Waals surface area (Å²) in [5, 5.41) is 4.66. The Morgan fingerprint density at radius 2 is 2.07 bits per heavy atom. The monoisotopic (exact) mass is 404 g/mol. The maximum Gasteiger partial charge on any atom is 0.125 e. The van der Waals surface area contributed by atoms with E-state index in [1.807, 2.05) is 18.5 Å². The zero-order valence-electron chi connectivity index (χ0n) is 15.3. The molecule has 1 aromatic heterocycles. The van der Waals surface area contributed by atoms with Crippen molar-refractivity contribution in [2.75, 3.05) is 31.6 Å². The second-order valence-electron chi connectivity index (χ2n) is 6.79. The minimum absolute atomic E-state index is 0.0461. The molecule has 3 aromatic rings. The van der Waals surface area contributed by atoms with Gasteiger partial charge in [-0.1, -0.05) is 29.3 Å². The van der Waals surface area contributed by atoms with E-state index in [0.717, 1.165) is 36.2 Å². The molecule has 1 aliphatic rings. The summed E-state index contributed by atoms with van der Waals surface area (Å²) in [6, 6.07) is 12.1. The number of nitrogens with zero attached hydrogens (tertiary/aromatic N) is 3. The first-order valence-electron chi connectivity index (χ1n) is 8.99. The average molecular weight is 405 g/mol. The standard InChI is InChI=1S/C20H22Cl2N4O/c1-13(16-5-3-14(21)9-17(16)22)26-12-24-18-6-4-15(10-19(18)26)25-8-7-23-20(11-25)27-2/h3-6,9-10,12-13,20,23H,7-8,11H2,1-2H3/t13-,20+/m1/s1. The van der Waals surface area contributed by atoms with Crippen LogP contribution in [0.15, 0.2) is 42.7 Å². The predicted octanol–water partition coefficient (Wildman–Crippen LogP) is 4.33. The van der Waals surface area contributed by atoms with Gasteiger partial charge in [0.05, 0.1) is 29.9 Å². The molecule has 0 unspecified atom stereocenters. The van der Waals surface area contributed by atoms with Crippen LogP contribution in [0.5, 0.6) is 0 Å². The molecule has 7 heteroatoms. The van der Waals surface area contributed by atoms with Gasteiger partial charge in [-0.05, 0) is 42.8 Å². The largest absolute Gasteiger partial charge is 0.366 e. The number of methoxy groups -OCH3 is 1. The minimum Gasteiger partial charge on any atom is -0.366 e. The lowest BCUT2D eigenvalue weighted by Crippen LogP contribution is -2.51. The number of anilines is 1. The van der Waals surface area contributed by atoms with Gasteiger partial charge in [-0.3, -0.25) is 5.32 Å². The molecule has 0 bridgehead atoms. The van der Waals surface area contributed by atoms with Gasteiger partial charge in [0.2, 0.25) is 0 Å². The van der Waals surface area contributed by atoms with Crippen LogP contribution >= 0.6 is 23.2 Å². The third-order valence-corrected chi connectivity index (χ3v) is 5.74. The fourth-order valence-electron chi connectivity index (χ4n) is 3.62. The summed E-state index contributed by atoms with van der Waals surface area (Å²) in [5.41, 5.74) is 4.24. The number of fused-ring (bicyclic) bond motifs is 1. The van der Waals surface area contributed by atoms with Crippen LogP contribution in [0.1, 0.15) is 18.5 Å².